The molecule has 1 aromatic carbocycles. The zero-order valence-corrected chi connectivity index (χ0v) is 20.3. The fourth-order valence-corrected chi connectivity index (χ4v) is 3.05. The fourth-order valence-electron chi connectivity index (χ4n) is 3.05. The molecule has 1 atom stereocenters. The molecule has 0 spiro atoms. The second-order valence-corrected chi connectivity index (χ2v) is 6.86. The molecule has 1 aliphatic rings. The molecule has 1 amide bonds. The largest absolute Gasteiger partial charge is 0.494 e. The van der Waals surface area contributed by atoms with Gasteiger partial charge in [-0.15, -0.1) is 24.0 Å². The van der Waals surface area contributed by atoms with Crippen LogP contribution in [0.4, 0.5) is 0 Å². The maximum Gasteiger partial charge on any atom is 0.221 e. The van der Waals surface area contributed by atoms with Crippen molar-refractivity contribution in [2.24, 2.45) is 4.99 Å². The molecule has 1 aromatic rings. The van der Waals surface area contributed by atoms with E-state index in [2.05, 4.69) is 33.9 Å². The number of aliphatic imine (C=N–C) groups is 1. The number of nitrogens with one attached hydrogen (secondary N) is 3. The van der Waals surface area contributed by atoms with E-state index in [4.69, 9.17) is 9.47 Å². The summed E-state index contributed by atoms with van der Waals surface area (Å²) in [6, 6.07) is 4.11. The van der Waals surface area contributed by atoms with Gasteiger partial charge in [0.05, 0.1) is 13.2 Å². The lowest BCUT2D eigenvalue weighted by molar-refractivity contribution is -0.120. The molecule has 0 fully saturated rings. The highest BCUT2D eigenvalue weighted by molar-refractivity contribution is 14.0. The first-order chi connectivity index (χ1) is 13.6. The molecular formula is C21H35IN4O3. The van der Waals surface area contributed by atoms with Gasteiger partial charge < -0.3 is 25.4 Å². The molecule has 0 radical (unpaired) electrons. The fraction of sp³-hybridized carbons (Fsp3) is 0.619. The van der Waals surface area contributed by atoms with Crippen molar-refractivity contribution < 1.29 is 14.3 Å². The minimum atomic E-state index is 0. The number of benzene rings is 1. The Balaban J connectivity index is 0.00000420. The van der Waals surface area contributed by atoms with Crippen molar-refractivity contribution in [3.63, 3.8) is 0 Å². The minimum absolute atomic E-state index is 0. The van der Waals surface area contributed by atoms with Crippen molar-refractivity contribution in [2.45, 2.75) is 59.6 Å². The molecule has 1 aliphatic heterocycles. The highest BCUT2D eigenvalue weighted by atomic mass is 127. The highest BCUT2D eigenvalue weighted by Crippen LogP contribution is 2.35. The zero-order chi connectivity index (χ0) is 20.4. The van der Waals surface area contributed by atoms with E-state index >= 15 is 0 Å². The maximum absolute atomic E-state index is 11.7. The van der Waals surface area contributed by atoms with Crippen LogP contribution in [0.3, 0.4) is 0 Å². The lowest BCUT2D eigenvalue weighted by Gasteiger charge is -2.14. The summed E-state index contributed by atoms with van der Waals surface area (Å²) in [5, 5.41) is 9.31. The summed E-state index contributed by atoms with van der Waals surface area (Å²) in [4.78, 5) is 16.4. The monoisotopic (exact) mass is 518 g/mol. The first-order valence-electron chi connectivity index (χ1n) is 10.3. The zero-order valence-electron chi connectivity index (χ0n) is 18.0. The van der Waals surface area contributed by atoms with E-state index in [1.54, 1.807) is 0 Å². The normalized spacial score (nSPS) is 15.0. The Bertz CT molecular complexity index is 682. The molecule has 7 nitrogen and oxygen atoms in total. The van der Waals surface area contributed by atoms with Crippen LogP contribution in [0.25, 0.3) is 0 Å². The number of hydrogen-bond acceptors (Lipinski definition) is 4. The van der Waals surface area contributed by atoms with Gasteiger partial charge in [0.25, 0.3) is 0 Å². The van der Waals surface area contributed by atoms with Crippen molar-refractivity contribution in [1.29, 1.82) is 0 Å². The predicted octanol–water partition coefficient (Wildman–Crippen LogP) is 3.00. The number of carbonyl (C=O) groups is 1. The molecule has 0 aromatic heterocycles. The number of amides is 1. The number of fused-ring (bicyclic) bond motifs is 1. The summed E-state index contributed by atoms with van der Waals surface area (Å²) in [5.41, 5.74) is 2.18. The average Bonchev–Trinajstić information content (AvgIpc) is 3.03. The van der Waals surface area contributed by atoms with E-state index < -0.39 is 0 Å². The van der Waals surface area contributed by atoms with Crippen LogP contribution in [-0.4, -0.2) is 44.2 Å². The van der Waals surface area contributed by atoms with Crippen molar-refractivity contribution in [2.75, 3.05) is 26.2 Å². The van der Waals surface area contributed by atoms with Crippen molar-refractivity contribution in [3.8, 4) is 11.5 Å². The molecule has 0 saturated carbocycles. The summed E-state index contributed by atoms with van der Waals surface area (Å²) < 4.78 is 11.7. The van der Waals surface area contributed by atoms with Crippen molar-refractivity contribution in [3.05, 3.63) is 23.3 Å². The number of ether oxygens (including phenoxy) is 2. The molecule has 2 rings (SSSR count). The Morgan fingerprint density at radius 3 is 2.69 bits per heavy atom. The lowest BCUT2D eigenvalue weighted by atomic mass is 10.1. The van der Waals surface area contributed by atoms with Gasteiger partial charge in [0.2, 0.25) is 5.91 Å². The second kappa shape index (κ2) is 13.5. The van der Waals surface area contributed by atoms with Crippen LogP contribution in [0.1, 0.15) is 51.7 Å². The summed E-state index contributed by atoms with van der Waals surface area (Å²) >= 11 is 0. The number of carbonyl (C=O) groups excluding carboxylic acids is 1. The smallest absolute Gasteiger partial charge is 0.221 e. The molecule has 1 unspecified atom stereocenters. The van der Waals surface area contributed by atoms with Crippen LogP contribution in [-0.2, 0) is 17.8 Å². The first kappa shape index (κ1) is 25.3. The molecule has 8 heteroatoms. The summed E-state index contributed by atoms with van der Waals surface area (Å²) in [7, 11) is 0. The van der Waals surface area contributed by atoms with Crippen LogP contribution in [0.5, 0.6) is 11.5 Å². The van der Waals surface area contributed by atoms with Crippen molar-refractivity contribution in [1.82, 2.24) is 16.0 Å². The van der Waals surface area contributed by atoms with E-state index in [0.29, 0.717) is 38.6 Å². The van der Waals surface area contributed by atoms with E-state index in [1.807, 2.05) is 26.8 Å². The van der Waals surface area contributed by atoms with Gasteiger partial charge in [-0.25, -0.2) is 4.99 Å². The predicted molar refractivity (Wildman–Crippen MR) is 128 cm³/mol. The number of halogens is 1. The molecule has 0 bridgehead atoms. The van der Waals surface area contributed by atoms with E-state index in [-0.39, 0.29) is 36.0 Å². The average molecular weight is 518 g/mol. The SMILES string of the molecule is CCCNC(=O)CCNC(=NCc1cc2c(cc1OCC)CC(C)O2)NCC.I. The Morgan fingerprint density at radius 2 is 2.00 bits per heavy atom. The first-order valence-corrected chi connectivity index (χ1v) is 10.3. The number of rotatable bonds is 10. The van der Waals surface area contributed by atoms with Crippen LogP contribution < -0.4 is 25.4 Å². The minimum Gasteiger partial charge on any atom is -0.494 e. The van der Waals surface area contributed by atoms with Gasteiger partial charge in [-0.1, -0.05) is 6.92 Å². The molecule has 0 saturated heterocycles. The van der Waals surface area contributed by atoms with Crippen LogP contribution >= 0.6 is 24.0 Å². The Morgan fingerprint density at radius 1 is 1.21 bits per heavy atom. The Labute approximate surface area is 191 Å². The summed E-state index contributed by atoms with van der Waals surface area (Å²) in [6.07, 6.45) is 2.46. The van der Waals surface area contributed by atoms with Gasteiger partial charge in [0, 0.05) is 43.6 Å². The molecule has 29 heavy (non-hydrogen) atoms. The van der Waals surface area contributed by atoms with E-state index in [1.165, 1.54) is 5.56 Å². The molecular weight excluding hydrogens is 483 g/mol. The molecule has 164 valence electrons. The van der Waals surface area contributed by atoms with Gasteiger partial charge in [0.15, 0.2) is 5.96 Å². The van der Waals surface area contributed by atoms with Crippen LogP contribution in [0.2, 0.25) is 0 Å². The van der Waals surface area contributed by atoms with Gasteiger partial charge in [-0.3, -0.25) is 4.79 Å². The summed E-state index contributed by atoms with van der Waals surface area (Å²) in [6.45, 7) is 11.2. The van der Waals surface area contributed by atoms with Crippen molar-refractivity contribution >= 4 is 35.8 Å². The van der Waals surface area contributed by atoms with Gasteiger partial charge >= 0.3 is 0 Å². The molecule has 0 aliphatic carbocycles. The maximum atomic E-state index is 11.7. The van der Waals surface area contributed by atoms with Gasteiger partial charge in [-0.05, 0) is 39.3 Å². The molecule has 1 heterocycles. The van der Waals surface area contributed by atoms with Gasteiger partial charge in [0.1, 0.15) is 17.6 Å². The standard InChI is InChI=1S/C21H34N4O3.HI/c1-5-9-23-20(26)8-10-24-21(22-6-2)25-14-17-13-19-16(11-15(4)28-19)12-18(17)27-7-3;/h12-13,15H,5-11,14H2,1-4H3,(H,23,26)(H2,22,24,25);1H. The number of hydrogen-bond donors (Lipinski definition) is 3. The highest BCUT2D eigenvalue weighted by Gasteiger charge is 2.21. The quantitative estimate of drug-likeness (QED) is 0.252. The third-order valence-corrected chi connectivity index (χ3v) is 4.35. The number of guanidine groups is 1. The van der Waals surface area contributed by atoms with Gasteiger partial charge in [-0.2, -0.15) is 0 Å². The van der Waals surface area contributed by atoms with Crippen LogP contribution in [0, 0.1) is 0 Å². The molecule has 3 N–H and O–H groups in total. The topological polar surface area (TPSA) is 84.0 Å². The third kappa shape index (κ3) is 8.28. The van der Waals surface area contributed by atoms with E-state index in [9.17, 15) is 4.79 Å². The lowest BCUT2D eigenvalue weighted by Crippen LogP contribution is -2.39. The Kier molecular flexibility index (Phi) is 11.8. The second-order valence-electron chi connectivity index (χ2n) is 6.86. The van der Waals surface area contributed by atoms with Crippen LogP contribution in [0.15, 0.2) is 17.1 Å². The third-order valence-electron chi connectivity index (χ3n) is 4.35. The van der Waals surface area contributed by atoms with E-state index in [0.717, 1.165) is 36.4 Å². The number of nitrogens with zero attached hydrogens (tertiary/aromatic N) is 1. The Hall–Kier alpha value is -1.71. The summed E-state index contributed by atoms with van der Waals surface area (Å²) in [5.74, 6) is 2.51.